The van der Waals surface area contributed by atoms with Gasteiger partial charge >= 0.3 is 0 Å². The van der Waals surface area contributed by atoms with Gasteiger partial charge in [0.05, 0.1) is 4.90 Å². The summed E-state index contributed by atoms with van der Waals surface area (Å²) in [7, 11) is -3.48. The smallest absolute Gasteiger partial charge is 0.243 e. The van der Waals surface area contributed by atoms with Gasteiger partial charge in [-0.15, -0.1) is 0 Å². The molecule has 2 saturated heterocycles. The highest BCUT2D eigenvalue weighted by molar-refractivity contribution is 7.89. The van der Waals surface area contributed by atoms with Crippen molar-refractivity contribution in [1.82, 2.24) is 14.1 Å². The molecule has 0 atom stereocenters. The summed E-state index contributed by atoms with van der Waals surface area (Å²) >= 11 is 0. The Morgan fingerprint density at radius 3 is 2.28 bits per heavy atom. The van der Waals surface area contributed by atoms with Gasteiger partial charge in [-0.25, -0.2) is 8.42 Å². The number of nitrogens with zero attached hydrogens (tertiary/aromatic N) is 3. The first-order chi connectivity index (χ1) is 12.0. The van der Waals surface area contributed by atoms with Crippen molar-refractivity contribution in [3.63, 3.8) is 0 Å². The number of piperazine rings is 1. The lowest BCUT2D eigenvalue weighted by Gasteiger charge is -2.34. The Morgan fingerprint density at radius 2 is 1.64 bits per heavy atom. The van der Waals surface area contributed by atoms with Crippen molar-refractivity contribution in [2.75, 3.05) is 45.8 Å². The normalized spacial score (nSPS) is 20.1. The lowest BCUT2D eigenvalue weighted by Crippen LogP contribution is -2.50. The molecular weight excluding hydrogens is 338 g/mol. The molecule has 2 heterocycles. The van der Waals surface area contributed by atoms with Crippen LogP contribution in [0.25, 0.3) is 0 Å². The van der Waals surface area contributed by atoms with Crippen LogP contribution < -0.4 is 0 Å². The molecule has 6 nitrogen and oxygen atoms in total. The number of amides is 1. The molecule has 1 aromatic carbocycles. The van der Waals surface area contributed by atoms with Gasteiger partial charge in [-0.05, 0) is 44.5 Å². The van der Waals surface area contributed by atoms with E-state index in [1.54, 1.807) is 17.0 Å². The van der Waals surface area contributed by atoms with E-state index in [9.17, 15) is 13.2 Å². The van der Waals surface area contributed by atoms with Gasteiger partial charge in [-0.2, -0.15) is 4.31 Å². The summed E-state index contributed by atoms with van der Waals surface area (Å²) in [5, 5.41) is 0. The highest BCUT2D eigenvalue weighted by Gasteiger charge is 2.30. The van der Waals surface area contributed by atoms with Crippen molar-refractivity contribution < 1.29 is 13.2 Å². The van der Waals surface area contributed by atoms with E-state index in [4.69, 9.17) is 0 Å². The maximum Gasteiger partial charge on any atom is 0.243 e. The van der Waals surface area contributed by atoms with Crippen LogP contribution in [0.1, 0.15) is 24.8 Å². The van der Waals surface area contributed by atoms with E-state index >= 15 is 0 Å². The summed E-state index contributed by atoms with van der Waals surface area (Å²) in [5.41, 5.74) is 0.756. The Bertz CT molecular complexity index is 706. The first-order valence-corrected chi connectivity index (χ1v) is 10.5. The van der Waals surface area contributed by atoms with Gasteiger partial charge in [0.1, 0.15) is 0 Å². The minimum absolute atomic E-state index is 0.139. The molecule has 1 aromatic rings. The molecule has 0 aliphatic carbocycles. The van der Waals surface area contributed by atoms with Gasteiger partial charge in [-0.1, -0.05) is 18.2 Å². The third kappa shape index (κ3) is 4.22. The molecule has 1 amide bonds. The number of carbonyl (C=O) groups excluding carboxylic acids is 1. The van der Waals surface area contributed by atoms with Crippen molar-refractivity contribution in [3.05, 3.63) is 29.8 Å². The van der Waals surface area contributed by atoms with Crippen LogP contribution in [0.2, 0.25) is 0 Å². The summed E-state index contributed by atoms with van der Waals surface area (Å²) in [6.45, 7) is 6.50. The van der Waals surface area contributed by atoms with Crippen LogP contribution in [0.15, 0.2) is 29.2 Å². The lowest BCUT2D eigenvalue weighted by atomic mass is 10.2. The van der Waals surface area contributed by atoms with E-state index in [1.165, 1.54) is 17.1 Å². The van der Waals surface area contributed by atoms with E-state index in [1.807, 2.05) is 19.1 Å². The van der Waals surface area contributed by atoms with Gasteiger partial charge in [-0.3, -0.25) is 4.79 Å². The molecule has 138 valence electrons. The van der Waals surface area contributed by atoms with Crippen molar-refractivity contribution >= 4 is 15.9 Å². The zero-order chi connectivity index (χ0) is 17.9. The molecule has 7 heteroatoms. The van der Waals surface area contributed by atoms with Gasteiger partial charge in [0.15, 0.2) is 0 Å². The Hall–Kier alpha value is -1.44. The van der Waals surface area contributed by atoms with E-state index in [2.05, 4.69) is 4.90 Å². The zero-order valence-corrected chi connectivity index (χ0v) is 15.7. The summed E-state index contributed by atoms with van der Waals surface area (Å²) in [5.74, 6) is 0.139. The molecule has 0 saturated carbocycles. The Kier molecular flexibility index (Phi) is 5.76. The molecule has 0 spiro atoms. The fourth-order valence-corrected chi connectivity index (χ4v) is 5.23. The van der Waals surface area contributed by atoms with E-state index in [0.717, 1.165) is 25.2 Å². The monoisotopic (exact) mass is 365 g/mol. The van der Waals surface area contributed by atoms with Crippen molar-refractivity contribution in [1.29, 1.82) is 0 Å². The van der Waals surface area contributed by atoms with Crippen LogP contribution in [0.3, 0.4) is 0 Å². The maximum absolute atomic E-state index is 12.8. The number of sulfonamides is 1. The Morgan fingerprint density at radius 1 is 1.00 bits per heavy atom. The standard InChI is InChI=1S/C18H27N3O3S/c1-16-6-2-3-7-17(16)25(23,24)21-14-12-20(13-15-21)18(22)8-11-19-9-4-5-10-19/h2-3,6-7H,4-5,8-15H2,1H3. The molecule has 0 aromatic heterocycles. The third-order valence-electron chi connectivity index (χ3n) is 5.14. The predicted octanol–water partition coefficient (Wildman–Crippen LogP) is 1.31. The Labute approximate surface area is 150 Å². The largest absolute Gasteiger partial charge is 0.340 e. The maximum atomic E-state index is 12.8. The number of carbonyl (C=O) groups is 1. The summed E-state index contributed by atoms with van der Waals surface area (Å²) < 4.78 is 27.1. The van der Waals surface area contributed by atoms with E-state index in [-0.39, 0.29) is 5.91 Å². The van der Waals surface area contributed by atoms with Crippen LogP contribution >= 0.6 is 0 Å². The fraction of sp³-hybridized carbons (Fsp3) is 0.611. The number of hydrogen-bond acceptors (Lipinski definition) is 4. The highest BCUT2D eigenvalue weighted by atomic mass is 32.2. The minimum atomic E-state index is -3.48. The topological polar surface area (TPSA) is 60.9 Å². The van der Waals surface area contributed by atoms with E-state index < -0.39 is 10.0 Å². The molecule has 0 radical (unpaired) electrons. The second-order valence-electron chi connectivity index (χ2n) is 6.85. The SMILES string of the molecule is Cc1ccccc1S(=O)(=O)N1CCN(C(=O)CCN2CCCC2)CC1. The van der Waals surface area contributed by atoms with Crippen LogP contribution in [-0.4, -0.2) is 74.2 Å². The first kappa shape index (κ1) is 18.4. The zero-order valence-electron chi connectivity index (χ0n) is 14.9. The summed E-state index contributed by atoms with van der Waals surface area (Å²) in [6.07, 6.45) is 2.98. The second-order valence-corrected chi connectivity index (χ2v) is 8.76. The van der Waals surface area contributed by atoms with Crippen LogP contribution in [-0.2, 0) is 14.8 Å². The van der Waals surface area contributed by atoms with Crippen LogP contribution in [0, 0.1) is 6.92 Å². The third-order valence-corrected chi connectivity index (χ3v) is 7.20. The molecule has 2 fully saturated rings. The predicted molar refractivity (Wildman–Crippen MR) is 96.8 cm³/mol. The van der Waals surface area contributed by atoms with Crippen LogP contribution in [0.4, 0.5) is 0 Å². The molecule has 0 unspecified atom stereocenters. The number of likely N-dealkylation sites (tertiary alicyclic amines) is 1. The molecule has 0 N–H and O–H groups in total. The van der Waals surface area contributed by atoms with Gasteiger partial charge in [0, 0.05) is 39.1 Å². The minimum Gasteiger partial charge on any atom is -0.340 e. The van der Waals surface area contributed by atoms with Crippen molar-refractivity contribution in [3.8, 4) is 0 Å². The number of rotatable bonds is 5. The molecule has 2 aliphatic heterocycles. The molecule has 0 bridgehead atoms. The fourth-order valence-electron chi connectivity index (χ4n) is 3.58. The van der Waals surface area contributed by atoms with E-state index in [0.29, 0.717) is 37.5 Å². The summed E-state index contributed by atoms with van der Waals surface area (Å²) in [4.78, 5) is 16.9. The summed E-state index contributed by atoms with van der Waals surface area (Å²) in [6, 6.07) is 7.05. The molecule has 25 heavy (non-hydrogen) atoms. The number of benzene rings is 1. The average Bonchev–Trinajstić information content (AvgIpc) is 3.13. The number of hydrogen-bond donors (Lipinski definition) is 0. The highest BCUT2D eigenvalue weighted by Crippen LogP contribution is 2.21. The average molecular weight is 365 g/mol. The molecular formula is C18H27N3O3S. The van der Waals surface area contributed by atoms with Gasteiger partial charge in [0.25, 0.3) is 0 Å². The van der Waals surface area contributed by atoms with Gasteiger partial charge in [0.2, 0.25) is 15.9 Å². The number of aryl methyl sites for hydroxylation is 1. The quantitative estimate of drug-likeness (QED) is 0.789. The lowest BCUT2D eigenvalue weighted by molar-refractivity contribution is -0.132. The molecule has 3 rings (SSSR count). The van der Waals surface area contributed by atoms with Crippen molar-refractivity contribution in [2.45, 2.75) is 31.1 Å². The van der Waals surface area contributed by atoms with Gasteiger partial charge < -0.3 is 9.80 Å². The Balaban J connectivity index is 1.54. The second kappa shape index (κ2) is 7.85. The van der Waals surface area contributed by atoms with Crippen LogP contribution in [0.5, 0.6) is 0 Å². The van der Waals surface area contributed by atoms with Crippen molar-refractivity contribution in [2.24, 2.45) is 0 Å². The molecule has 2 aliphatic rings. The first-order valence-electron chi connectivity index (χ1n) is 9.04.